The first-order valence-corrected chi connectivity index (χ1v) is 9.67. The number of pyridine rings is 1. The Labute approximate surface area is 169 Å². The van der Waals surface area contributed by atoms with Crippen LogP contribution in [0.15, 0.2) is 42.5 Å². The minimum atomic E-state index is -0.916. The molecule has 0 radical (unpaired) electrons. The summed E-state index contributed by atoms with van der Waals surface area (Å²) in [6.45, 7) is 1.97. The number of carboxylic acid groups (broad SMARTS) is 1. The predicted octanol–water partition coefficient (Wildman–Crippen LogP) is 1.99. The number of carbonyl (C=O) groups is 2. The molecule has 0 fully saturated rings. The summed E-state index contributed by atoms with van der Waals surface area (Å²) >= 11 is 0. The molecule has 7 nitrogen and oxygen atoms in total. The normalized spacial score (nSPS) is 12.0. The zero-order chi connectivity index (χ0) is 20.9. The van der Waals surface area contributed by atoms with Crippen molar-refractivity contribution < 1.29 is 19.1 Å². The van der Waals surface area contributed by atoms with Crippen LogP contribution in [0.3, 0.4) is 0 Å². The van der Waals surface area contributed by atoms with Crippen LogP contribution in [0.25, 0.3) is 0 Å². The van der Waals surface area contributed by atoms with Crippen molar-refractivity contribution in [1.82, 2.24) is 15.6 Å². The molecule has 0 unspecified atom stereocenters. The van der Waals surface area contributed by atoms with Crippen molar-refractivity contribution in [3.8, 4) is 0 Å². The highest BCUT2D eigenvalue weighted by molar-refractivity contribution is 5.78. The molecule has 1 aliphatic rings. The van der Waals surface area contributed by atoms with Crippen molar-refractivity contribution in [1.29, 1.82) is 0 Å². The van der Waals surface area contributed by atoms with Crippen LogP contribution in [-0.4, -0.2) is 48.1 Å². The highest BCUT2D eigenvalue weighted by Crippen LogP contribution is 2.19. The van der Waals surface area contributed by atoms with E-state index >= 15 is 0 Å². The molecule has 29 heavy (non-hydrogen) atoms. The van der Waals surface area contributed by atoms with Gasteiger partial charge in [0.05, 0.1) is 13.0 Å². The van der Waals surface area contributed by atoms with E-state index in [-0.39, 0.29) is 31.2 Å². The van der Waals surface area contributed by atoms with Gasteiger partial charge in [-0.1, -0.05) is 24.3 Å². The van der Waals surface area contributed by atoms with E-state index in [4.69, 9.17) is 5.11 Å². The first-order chi connectivity index (χ1) is 14.0. The van der Waals surface area contributed by atoms with Crippen LogP contribution in [0.4, 0.5) is 10.2 Å². The zero-order valence-corrected chi connectivity index (χ0v) is 16.3. The molecule has 3 rings (SSSR count). The molecule has 0 saturated heterocycles. The van der Waals surface area contributed by atoms with Gasteiger partial charge in [-0.15, -0.1) is 0 Å². The van der Waals surface area contributed by atoms with Gasteiger partial charge in [-0.25, -0.2) is 9.37 Å². The number of carbonyl (C=O) groups excluding carboxylic acids is 1. The first-order valence-electron chi connectivity index (χ1n) is 9.67. The van der Waals surface area contributed by atoms with Gasteiger partial charge in [0.1, 0.15) is 11.6 Å². The highest BCUT2D eigenvalue weighted by atomic mass is 19.1. The summed E-state index contributed by atoms with van der Waals surface area (Å²) in [6.07, 6.45) is 2.91. The second-order valence-electron chi connectivity index (χ2n) is 6.56. The molecule has 2 aromatic rings. The molecule has 1 aromatic carbocycles. The van der Waals surface area contributed by atoms with Gasteiger partial charge in [0.15, 0.2) is 0 Å². The van der Waals surface area contributed by atoms with E-state index in [0.717, 1.165) is 37.3 Å². The molecule has 4 N–H and O–H groups in total. The number of fused-ring (bicyclic) bond motifs is 1. The van der Waals surface area contributed by atoms with Crippen LogP contribution < -0.4 is 16.0 Å². The highest BCUT2D eigenvalue weighted by Gasteiger charge is 2.10. The molecular formula is C21H27FN4O3. The topological polar surface area (TPSA) is 103 Å². The molecule has 1 aromatic heterocycles. The van der Waals surface area contributed by atoms with Gasteiger partial charge < -0.3 is 21.1 Å². The Morgan fingerprint density at radius 1 is 1.14 bits per heavy atom. The van der Waals surface area contributed by atoms with Crippen molar-refractivity contribution in [2.24, 2.45) is 0 Å². The van der Waals surface area contributed by atoms with E-state index in [2.05, 4.69) is 27.0 Å². The molecule has 1 aliphatic heterocycles. The molecule has 0 saturated carbocycles. The van der Waals surface area contributed by atoms with Gasteiger partial charge in [-0.3, -0.25) is 9.59 Å². The number of aliphatic carboxylic acids is 1. The number of nitrogens with one attached hydrogen (secondary N) is 3. The van der Waals surface area contributed by atoms with Gasteiger partial charge in [0, 0.05) is 31.7 Å². The lowest BCUT2D eigenvalue weighted by molar-refractivity contribution is -0.136. The van der Waals surface area contributed by atoms with E-state index in [0.29, 0.717) is 6.54 Å². The van der Waals surface area contributed by atoms with Gasteiger partial charge in [-0.05, 0) is 36.6 Å². The summed E-state index contributed by atoms with van der Waals surface area (Å²) in [6, 6.07) is 12.1. The minimum absolute atomic E-state index is 0.0578. The van der Waals surface area contributed by atoms with Crippen LogP contribution in [0.1, 0.15) is 24.1 Å². The van der Waals surface area contributed by atoms with Crippen molar-refractivity contribution in [2.45, 2.75) is 25.7 Å². The molecular weight excluding hydrogens is 375 g/mol. The number of halogens is 1. The molecule has 0 bridgehead atoms. The average molecular weight is 402 g/mol. The first kappa shape index (κ1) is 22.3. The third-order valence-electron chi connectivity index (χ3n) is 4.19. The average Bonchev–Trinajstić information content (AvgIpc) is 2.72. The lowest BCUT2D eigenvalue weighted by Crippen LogP contribution is -2.35. The summed E-state index contributed by atoms with van der Waals surface area (Å²) in [5.74, 6) is -0.306. The summed E-state index contributed by atoms with van der Waals surface area (Å²) in [5, 5.41) is 17.3. The summed E-state index contributed by atoms with van der Waals surface area (Å²) in [5.41, 5.74) is 2.26. The monoisotopic (exact) mass is 402 g/mol. The quantitative estimate of drug-likeness (QED) is 0.504. The van der Waals surface area contributed by atoms with Crippen molar-refractivity contribution in [3.63, 3.8) is 0 Å². The standard InChI is InChI=1S/C15H22N4O3.C6H5F/c20-13(17-9-6-14(21)22)10-16-8-5-12-4-3-11-2-1-7-18-15(11)19-12;7-6-4-2-1-3-5-6/h3-4,16H,1-2,5-10H2,(H,17,20)(H,18,19)(H,21,22);1-5H. The molecule has 2 heterocycles. The number of nitrogens with zero attached hydrogens (tertiary/aromatic N) is 1. The summed E-state index contributed by atoms with van der Waals surface area (Å²) < 4.78 is 11.9. The van der Waals surface area contributed by atoms with E-state index in [1.165, 1.54) is 17.7 Å². The summed E-state index contributed by atoms with van der Waals surface area (Å²) in [4.78, 5) is 26.3. The Morgan fingerprint density at radius 3 is 2.62 bits per heavy atom. The molecule has 0 aliphatic carbocycles. The van der Waals surface area contributed by atoms with Crippen LogP contribution in [0.5, 0.6) is 0 Å². The second kappa shape index (κ2) is 12.5. The minimum Gasteiger partial charge on any atom is -0.481 e. The van der Waals surface area contributed by atoms with Crippen LogP contribution in [-0.2, 0) is 22.4 Å². The number of hydrogen-bond acceptors (Lipinski definition) is 5. The van der Waals surface area contributed by atoms with E-state index < -0.39 is 5.97 Å². The van der Waals surface area contributed by atoms with Crippen molar-refractivity contribution >= 4 is 17.7 Å². The number of aromatic nitrogens is 1. The summed E-state index contributed by atoms with van der Waals surface area (Å²) in [7, 11) is 0. The number of amides is 1. The maximum atomic E-state index is 11.9. The third kappa shape index (κ3) is 9.16. The molecule has 156 valence electrons. The lowest BCUT2D eigenvalue weighted by atomic mass is 10.1. The number of anilines is 1. The Morgan fingerprint density at radius 2 is 1.93 bits per heavy atom. The van der Waals surface area contributed by atoms with E-state index in [1.807, 2.05) is 6.07 Å². The van der Waals surface area contributed by atoms with Gasteiger partial charge in [0.25, 0.3) is 0 Å². The van der Waals surface area contributed by atoms with E-state index in [9.17, 15) is 14.0 Å². The maximum Gasteiger partial charge on any atom is 0.305 e. The number of aryl methyl sites for hydroxylation is 1. The van der Waals surface area contributed by atoms with E-state index in [1.54, 1.807) is 18.2 Å². The van der Waals surface area contributed by atoms with Gasteiger partial charge in [-0.2, -0.15) is 0 Å². The Hall–Kier alpha value is -3.00. The van der Waals surface area contributed by atoms with Gasteiger partial charge >= 0.3 is 5.97 Å². The lowest BCUT2D eigenvalue weighted by Gasteiger charge is -2.17. The Bertz CT molecular complexity index is 787. The van der Waals surface area contributed by atoms with Gasteiger partial charge in [0.2, 0.25) is 5.91 Å². The fourth-order valence-electron chi connectivity index (χ4n) is 2.71. The maximum absolute atomic E-state index is 11.9. The molecule has 8 heteroatoms. The third-order valence-corrected chi connectivity index (χ3v) is 4.19. The largest absolute Gasteiger partial charge is 0.481 e. The van der Waals surface area contributed by atoms with Crippen LogP contribution >= 0.6 is 0 Å². The Balaban J connectivity index is 0.000000360. The van der Waals surface area contributed by atoms with Crippen molar-refractivity contribution in [2.75, 3.05) is 31.5 Å². The fourth-order valence-corrected chi connectivity index (χ4v) is 2.71. The SMILES string of the molecule is Fc1ccccc1.O=C(O)CCNC(=O)CNCCc1ccc2c(n1)NCCC2. The second-order valence-corrected chi connectivity index (χ2v) is 6.56. The number of carboxylic acids is 1. The van der Waals surface area contributed by atoms with Crippen molar-refractivity contribution in [3.05, 3.63) is 59.5 Å². The number of rotatable bonds is 8. The Kier molecular flexibility index (Phi) is 9.57. The van der Waals surface area contributed by atoms with Crippen LogP contribution in [0.2, 0.25) is 0 Å². The predicted molar refractivity (Wildman–Crippen MR) is 109 cm³/mol. The van der Waals surface area contributed by atoms with Crippen LogP contribution in [0, 0.1) is 5.82 Å². The molecule has 0 spiro atoms. The fraction of sp³-hybridized carbons (Fsp3) is 0.381. The number of hydrogen-bond donors (Lipinski definition) is 4. The molecule has 0 atom stereocenters. The molecule has 1 amide bonds. The smallest absolute Gasteiger partial charge is 0.305 e. The number of benzene rings is 1. The zero-order valence-electron chi connectivity index (χ0n) is 16.3.